The number of ether oxygens (including phenoxy) is 1. The van der Waals surface area contributed by atoms with Gasteiger partial charge < -0.3 is 15.0 Å². The van der Waals surface area contributed by atoms with Crippen LogP contribution in [0.4, 0.5) is 0 Å². The molecule has 1 aliphatic heterocycles. The molecule has 0 radical (unpaired) electrons. The molecular formula is C19H29N3O3. The van der Waals surface area contributed by atoms with E-state index in [9.17, 15) is 9.59 Å². The third kappa shape index (κ3) is 5.46. The maximum Gasteiger partial charge on any atom is 0.244 e. The predicted octanol–water partition coefficient (Wildman–Crippen LogP) is 1.47. The summed E-state index contributed by atoms with van der Waals surface area (Å²) in [5.41, 5.74) is 1.30. The summed E-state index contributed by atoms with van der Waals surface area (Å²) in [6.45, 7) is 3.82. The van der Waals surface area contributed by atoms with Gasteiger partial charge >= 0.3 is 0 Å². The van der Waals surface area contributed by atoms with Crippen LogP contribution in [0.25, 0.3) is 0 Å². The van der Waals surface area contributed by atoms with Crippen molar-refractivity contribution in [1.29, 1.82) is 0 Å². The molecule has 1 heterocycles. The van der Waals surface area contributed by atoms with Gasteiger partial charge in [0.1, 0.15) is 11.8 Å². The van der Waals surface area contributed by atoms with Gasteiger partial charge in [-0.25, -0.2) is 0 Å². The Morgan fingerprint density at radius 3 is 2.60 bits per heavy atom. The lowest BCUT2D eigenvalue weighted by atomic mass is 9.89. The second-order valence-corrected chi connectivity index (χ2v) is 6.85. The Hall–Kier alpha value is -2.08. The average molecular weight is 347 g/mol. The number of likely N-dealkylation sites (tertiary alicyclic amines) is 1. The van der Waals surface area contributed by atoms with E-state index in [1.165, 1.54) is 10.5 Å². The molecule has 138 valence electrons. The maximum atomic E-state index is 12.1. The van der Waals surface area contributed by atoms with Crippen molar-refractivity contribution in [3.63, 3.8) is 0 Å². The molecule has 1 aliphatic rings. The normalized spacial score (nSPS) is 17.0. The maximum absolute atomic E-state index is 12.1. The van der Waals surface area contributed by atoms with Gasteiger partial charge in [0.15, 0.2) is 0 Å². The van der Waals surface area contributed by atoms with Crippen LogP contribution in [-0.4, -0.2) is 68.5 Å². The lowest BCUT2D eigenvalue weighted by molar-refractivity contribution is -0.134. The van der Waals surface area contributed by atoms with E-state index in [1.807, 2.05) is 12.1 Å². The van der Waals surface area contributed by atoms with Crippen molar-refractivity contribution < 1.29 is 14.3 Å². The number of hydrogen-bond acceptors (Lipinski definition) is 4. The van der Waals surface area contributed by atoms with Gasteiger partial charge in [-0.1, -0.05) is 12.1 Å². The van der Waals surface area contributed by atoms with Gasteiger partial charge in [0.05, 0.1) is 13.7 Å². The van der Waals surface area contributed by atoms with Crippen molar-refractivity contribution in [3.8, 4) is 5.75 Å². The summed E-state index contributed by atoms with van der Waals surface area (Å²) >= 11 is 0. The number of nitrogens with zero attached hydrogens (tertiary/aromatic N) is 2. The number of nitrogens with one attached hydrogen (secondary N) is 1. The van der Waals surface area contributed by atoms with Crippen molar-refractivity contribution in [2.75, 3.05) is 40.8 Å². The molecule has 0 spiro atoms. The molecule has 0 aliphatic carbocycles. The molecule has 0 saturated carbocycles. The topological polar surface area (TPSA) is 61.9 Å². The molecule has 1 unspecified atom stereocenters. The van der Waals surface area contributed by atoms with Gasteiger partial charge in [-0.15, -0.1) is 0 Å². The Bertz CT molecular complexity index is 595. The molecule has 1 fully saturated rings. The molecule has 0 aromatic heterocycles. The first kappa shape index (κ1) is 19.2. The number of methoxy groups -OCH3 is 1. The zero-order valence-corrected chi connectivity index (χ0v) is 15.6. The zero-order chi connectivity index (χ0) is 18.4. The van der Waals surface area contributed by atoms with Crippen LogP contribution in [0.5, 0.6) is 5.75 Å². The summed E-state index contributed by atoms with van der Waals surface area (Å²) in [5, 5.41) is 2.78. The Morgan fingerprint density at radius 2 is 2.00 bits per heavy atom. The molecular weight excluding hydrogens is 318 g/mol. The average Bonchev–Trinajstić information content (AvgIpc) is 2.61. The van der Waals surface area contributed by atoms with Gasteiger partial charge in [0.25, 0.3) is 0 Å². The predicted molar refractivity (Wildman–Crippen MR) is 97.7 cm³/mol. The van der Waals surface area contributed by atoms with Gasteiger partial charge in [-0.2, -0.15) is 0 Å². The van der Waals surface area contributed by atoms with Gasteiger partial charge in [-0.3, -0.25) is 14.5 Å². The number of carbonyl (C=O) groups excluding carboxylic acids is 2. The minimum absolute atomic E-state index is 0.0925. The monoisotopic (exact) mass is 347 g/mol. The molecule has 0 bridgehead atoms. The zero-order valence-electron chi connectivity index (χ0n) is 15.6. The number of amides is 2. The molecule has 1 atom stereocenters. The first-order chi connectivity index (χ1) is 11.9. The summed E-state index contributed by atoms with van der Waals surface area (Å²) in [6.07, 6.45) is 2.04. The van der Waals surface area contributed by atoms with Crippen LogP contribution in [0.1, 0.15) is 31.2 Å². The van der Waals surface area contributed by atoms with E-state index in [0.29, 0.717) is 12.5 Å². The number of carbonyl (C=O) groups is 2. The molecule has 6 nitrogen and oxygen atoms in total. The summed E-state index contributed by atoms with van der Waals surface area (Å²) < 4.78 is 5.30. The first-order valence-corrected chi connectivity index (χ1v) is 8.77. The van der Waals surface area contributed by atoms with Gasteiger partial charge in [0, 0.05) is 14.1 Å². The van der Waals surface area contributed by atoms with Gasteiger partial charge in [-0.05, 0) is 56.5 Å². The number of hydrogen-bond donors (Lipinski definition) is 1. The number of benzene rings is 1. The molecule has 1 N–H and O–H groups in total. The van der Waals surface area contributed by atoms with Crippen molar-refractivity contribution in [2.45, 2.75) is 31.7 Å². The fourth-order valence-electron chi connectivity index (χ4n) is 3.26. The third-order valence-electron chi connectivity index (χ3n) is 4.71. The summed E-state index contributed by atoms with van der Waals surface area (Å²) in [4.78, 5) is 27.6. The smallest absolute Gasteiger partial charge is 0.244 e. The minimum atomic E-state index is -0.489. The van der Waals surface area contributed by atoms with E-state index >= 15 is 0 Å². The van der Waals surface area contributed by atoms with E-state index in [4.69, 9.17) is 4.74 Å². The van der Waals surface area contributed by atoms with Crippen LogP contribution in [0.15, 0.2) is 24.3 Å². The van der Waals surface area contributed by atoms with E-state index < -0.39 is 6.04 Å². The fourth-order valence-corrected chi connectivity index (χ4v) is 3.26. The highest BCUT2D eigenvalue weighted by molar-refractivity contribution is 5.87. The number of rotatable bonds is 6. The highest BCUT2D eigenvalue weighted by Crippen LogP contribution is 2.29. The minimum Gasteiger partial charge on any atom is -0.497 e. The van der Waals surface area contributed by atoms with E-state index in [1.54, 1.807) is 28.1 Å². The van der Waals surface area contributed by atoms with Gasteiger partial charge in [0.2, 0.25) is 11.8 Å². The van der Waals surface area contributed by atoms with Crippen LogP contribution in [-0.2, 0) is 9.59 Å². The molecule has 1 aromatic carbocycles. The standard InChI is InChI=1S/C19H29N3O3/c1-14(19(24)21(2)3)20-18(23)13-22-10-8-15(9-11-22)16-6-5-7-17(12-16)25-4/h5-7,12,14-15H,8-11,13H2,1-4H3,(H,20,23). The van der Waals surface area contributed by atoms with E-state index in [0.717, 1.165) is 31.7 Å². The van der Waals surface area contributed by atoms with Crippen molar-refractivity contribution >= 4 is 11.8 Å². The number of piperidine rings is 1. The van der Waals surface area contributed by atoms with Crippen LogP contribution in [0.2, 0.25) is 0 Å². The summed E-state index contributed by atoms with van der Waals surface area (Å²) in [7, 11) is 5.06. The second-order valence-electron chi connectivity index (χ2n) is 6.85. The molecule has 2 amide bonds. The van der Waals surface area contributed by atoms with Crippen LogP contribution >= 0.6 is 0 Å². The number of likely N-dealkylation sites (N-methyl/N-ethyl adjacent to an activating group) is 1. The Labute approximate surface area is 150 Å². The van der Waals surface area contributed by atoms with Crippen molar-refractivity contribution in [1.82, 2.24) is 15.1 Å². The Morgan fingerprint density at radius 1 is 1.32 bits per heavy atom. The highest BCUT2D eigenvalue weighted by Gasteiger charge is 2.24. The highest BCUT2D eigenvalue weighted by atomic mass is 16.5. The summed E-state index contributed by atoms with van der Waals surface area (Å²) in [5.74, 6) is 1.20. The lowest BCUT2D eigenvalue weighted by Gasteiger charge is -2.32. The van der Waals surface area contributed by atoms with E-state index in [-0.39, 0.29) is 11.8 Å². The van der Waals surface area contributed by atoms with Crippen molar-refractivity contribution in [3.05, 3.63) is 29.8 Å². The quantitative estimate of drug-likeness (QED) is 0.846. The van der Waals surface area contributed by atoms with Crippen molar-refractivity contribution in [2.24, 2.45) is 0 Å². The third-order valence-corrected chi connectivity index (χ3v) is 4.71. The first-order valence-electron chi connectivity index (χ1n) is 8.77. The SMILES string of the molecule is COc1cccc(C2CCN(CC(=O)NC(C)C(=O)N(C)C)CC2)c1. The molecule has 2 rings (SSSR count). The summed E-state index contributed by atoms with van der Waals surface area (Å²) in [6, 6.07) is 7.74. The molecule has 6 heteroatoms. The Balaban J connectivity index is 1.80. The molecule has 1 aromatic rings. The molecule has 1 saturated heterocycles. The van der Waals surface area contributed by atoms with Crippen LogP contribution < -0.4 is 10.1 Å². The lowest BCUT2D eigenvalue weighted by Crippen LogP contribution is -2.48. The second kappa shape index (κ2) is 8.85. The fraction of sp³-hybridized carbons (Fsp3) is 0.579. The van der Waals surface area contributed by atoms with Crippen LogP contribution in [0, 0.1) is 0 Å². The largest absolute Gasteiger partial charge is 0.497 e. The molecule has 25 heavy (non-hydrogen) atoms. The Kier molecular flexibility index (Phi) is 6.82. The van der Waals surface area contributed by atoms with Crippen LogP contribution in [0.3, 0.4) is 0 Å². The van der Waals surface area contributed by atoms with E-state index in [2.05, 4.69) is 22.3 Å².